The Balaban J connectivity index is 2.59. The zero-order valence-electron chi connectivity index (χ0n) is 8.02. The molecule has 0 bridgehead atoms. The van der Waals surface area contributed by atoms with Crippen molar-refractivity contribution in [1.82, 2.24) is 4.57 Å². The topological polar surface area (TPSA) is 42.2 Å². The minimum absolute atomic E-state index is 0.132. The zero-order valence-corrected chi connectivity index (χ0v) is 9.61. The highest BCUT2D eigenvalue weighted by molar-refractivity contribution is 9.10. The lowest BCUT2D eigenvalue weighted by Gasteiger charge is -2.08. The molecular formula is C11H7BrFNO2. The van der Waals surface area contributed by atoms with Crippen molar-refractivity contribution in [2.75, 3.05) is 0 Å². The quantitative estimate of drug-likeness (QED) is 0.920. The Morgan fingerprint density at radius 3 is 2.75 bits per heavy atom. The standard InChI is InChI=1S/C11H7BrFNO2/c12-8-6-7(13)3-4-9(8)14-5-1-2-10(14)11(15)16/h1-6H,(H,15,16). The van der Waals surface area contributed by atoms with E-state index in [9.17, 15) is 9.18 Å². The van der Waals surface area contributed by atoms with Crippen LogP contribution in [0.1, 0.15) is 10.5 Å². The monoisotopic (exact) mass is 283 g/mol. The molecule has 2 aromatic rings. The van der Waals surface area contributed by atoms with Crippen molar-refractivity contribution in [3.63, 3.8) is 0 Å². The fraction of sp³-hybridized carbons (Fsp3) is 0. The fourth-order valence-electron chi connectivity index (χ4n) is 1.44. The van der Waals surface area contributed by atoms with Crippen LogP contribution >= 0.6 is 15.9 Å². The molecule has 2 rings (SSSR count). The van der Waals surface area contributed by atoms with Crippen LogP contribution in [0, 0.1) is 5.82 Å². The minimum atomic E-state index is -1.03. The summed E-state index contributed by atoms with van der Waals surface area (Å²) in [5, 5.41) is 8.95. The van der Waals surface area contributed by atoms with Gasteiger partial charge in [-0.3, -0.25) is 0 Å². The first-order chi connectivity index (χ1) is 7.59. The maximum atomic E-state index is 12.9. The van der Waals surface area contributed by atoms with E-state index in [2.05, 4.69) is 15.9 Å². The molecule has 0 aliphatic rings. The van der Waals surface area contributed by atoms with Crippen LogP contribution in [0.4, 0.5) is 4.39 Å². The number of halogens is 2. The summed E-state index contributed by atoms with van der Waals surface area (Å²) >= 11 is 3.20. The minimum Gasteiger partial charge on any atom is -0.477 e. The Labute approximate surface area is 99.3 Å². The van der Waals surface area contributed by atoms with E-state index in [1.165, 1.54) is 28.8 Å². The van der Waals surface area contributed by atoms with Crippen molar-refractivity contribution in [3.05, 3.63) is 52.5 Å². The van der Waals surface area contributed by atoms with E-state index in [4.69, 9.17) is 5.11 Å². The second-order valence-electron chi connectivity index (χ2n) is 3.16. The molecule has 0 radical (unpaired) electrons. The first-order valence-corrected chi connectivity index (χ1v) is 5.25. The molecule has 0 aliphatic carbocycles. The summed E-state index contributed by atoms with van der Waals surface area (Å²) in [6.45, 7) is 0. The predicted octanol–water partition coefficient (Wildman–Crippen LogP) is 3.08. The SMILES string of the molecule is O=C(O)c1cccn1-c1ccc(F)cc1Br. The van der Waals surface area contributed by atoms with E-state index >= 15 is 0 Å². The van der Waals surface area contributed by atoms with Gasteiger partial charge in [0.25, 0.3) is 0 Å². The third-order valence-corrected chi connectivity index (χ3v) is 2.77. The molecule has 0 saturated heterocycles. The van der Waals surface area contributed by atoms with Gasteiger partial charge in [0.2, 0.25) is 0 Å². The van der Waals surface area contributed by atoms with Gasteiger partial charge in [-0.1, -0.05) is 0 Å². The van der Waals surface area contributed by atoms with Crippen LogP contribution in [0.25, 0.3) is 5.69 Å². The maximum absolute atomic E-state index is 12.9. The maximum Gasteiger partial charge on any atom is 0.352 e. The van der Waals surface area contributed by atoms with Crippen LogP contribution in [0.15, 0.2) is 41.0 Å². The average molecular weight is 284 g/mol. The Morgan fingerprint density at radius 1 is 1.38 bits per heavy atom. The van der Waals surface area contributed by atoms with Crippen LogP contribution in [0.2, 0.25) is 0 Å². The summed E-state index contributed by atoms with van der Waals surface area (Å²) in [4.78, 5) is 10.9. The lowest BCUT2D eigenvalue weighted by Crippen LogP contribution is -2.06. The number of aromatic carboxylic acids is 1. The summed E-state index contributed by atoms with van der Waals surface area (Å²) in [5.74, 6) is -1.40. The Hall–Kier alpha value is -1.62. The highest BCUT2D eigenvalue weighted by Gasteiger charge is 2.12. The summed E-state index contributed by atoms with van der Waals surface area (Å²) < 4.78 is 14.9. The zero-order chi connectivity index (χ0) is 11.7. The van der Waals surface area contributed by atoms with Gasteiger partial charge >= 0.3 is 5.97 Å². The fourth-order valence-corrected chi connectivity index (χ4v) is 1.98. The molecule has 16 heavy (non-hydrogen) atoms. The number of carboxylic acid groups (broad SMARTS) is 1. The molecule has 1 heterocycles. The van der Waals surface area contributed by atoms with Crippen LogP contribution in [-0.2, 0) is 0 Å². The van der Waals surface area contributed by atoms with E-state index in [1.807, 2.05) is 0 Å². The van der Waals surface area contributed by atoms with Gasteiger partial charge in [-0.25, -0.2) is 9.18 Å². The number of carbonyl (C=O) groups is 1. The molecular weight excluding hydrogens is 277 g/mol. The molecule has 0 amide bonds. The van der Waals surface area contributed by atoms with Gasteiger partial charge in [-0.15, -0.1) is 0 Å². The normalized spacial score (nSPS) is 10.4. The number of carboxylic acids is 1. The summed E-state index contributed by atoms with van der Waals surface area (Å²) in [6, 6.07) is 7.20. The Kier molecular flexibility index (Phi) is 2.78. The smallest absolute Gasteiger partial charge is 0.352 e. The van der Waals surface area contributed by atoms with E-state index in [0.717, 1.165) is 0 Å². The largest absolute Gasteiger partial charge is 0.477 e. The highest BCUT2D eigenvalue weighted by atomic mass is 79.9. The van der Waals surface area contributed by atoms with E-state index in [-0.39, 0.29) is 11.5 Å². The molecule has 0 unspecified atom stereocenters. The van der Waals surface area contributed by atoms with Crippen molar-refractivity contribution in [1.29, 1.82) is 0 Å². The number of hydrogen-bond acceptors (Lipinski definition) is 1. The lowest BCUT2D eigenvalue weighted by molar-refractivity contribution is 0.0688. The van der Waals surface area contributed by atoms with Crippen LogP contribution in [0.3, 0.4) is 0 Å². The second-order valence-corrected chi connectivity index (χ2v) is 4.02. The van der Waals surface area contributed by atoms with Crippen LogP contribution in [0.5, 0.6) is 0 Å². The predicted molar refractivity (Wildman–Crippen MR) is 60.4 cm³/mol. The number of nitrogens with zero attached hydrogens (tertiary/aromatic N) is 1. The molecule has 0 spiro atoms. The van der Waals surface area contributed by atoms with Gasteiger partial charge < -0.3 is 9.67 Å². The van der Waals surface area contributed by atoms with Crippen LogP contribution < -0.4 is 0 Å². The molecule has 0 aliphatic heterocycles. The first kappa shape index (κ1) is 10.9. The molecule has 0 fully saturated rings. The van der Waals surface area contributed by atoms with Crippen molar-refractivity contribution in [2.45, 2.75) is 0 Å². The van der Waals surface area contributed by atoms with Gasteiger partial charge in [0, 0.05) is 10.7 Å². The molecule has 1 N–H and O–H groups in total. The van der Waals surface area contributed by atoms with E-state index < -0.39 is 5.97 Å². The van der Waals surface area contributed by atoms with Crippen molar-refractivity contribution in [3.8, 4) is 5.69 Å². The van der Waals surface area contributed by atoms with Crippen LogP contribution in [-0.4, -0.2) is 15.6 Å². The molecule has 5 heteroatoms. The molecule has 3 nitrogen and oxygen atoms in total. The number of rotatable bonds is 2. The van der Waals surface area contributed by atoms with Gasteiger partial charge in [0.15, 0.2) is 0 Å². The van der Waals surface area contributed by atoms with Crippen molar-refractivity contribution >= 4 is 21.9 Å². The summed E-state index contributed by atoms with van der Waals surface area (Å²) in [6.07, 6.45) is 1.61. The molecule has 1 aromatic carbocycles. The summed E-state index contributed by atoms with van der Waals surface area (Å²) in [7, 11) is 0. The third kappa shape index (κ3) is 1.86. The highest BCUT2D eigenvalue weighted by Crippen LogP contribution is 2.23. The van der Waals surface area contributed by atoms with Gasteiger partial charge in [0.05, 0.1) is 5.69 Å². The lowest BCUT2D eigenvalue weighted by atomic mass is 10.3. The van der Waals surface area contributed by atoms with Gasteiger partial charge in [-0.2, -0.15) is 0 Å². The third-order valence-electron chi connectivity index (χ3n) is 2.14. The van der Waals surface area contributed by atoms with Crippen molar-refractivity contribution < 1.29 is 14.3 Å². The van der Waals surface area contributed by atoms with Gasteiger partial charge in [0.1, 0.15) is 11.5 Å². The first-order valence-electron chi connectivity index (χ1n) is 4.45. The van der Waals surface area contributed by atoms with E-state index in [0.29, 0.717) is 10.2 Å². The molecule has 0 atom stereocenters. The molecule has 0 saturated carbocycles. The Morgan fingerprint density at radius 2 is 2.12 bits per heavy atom. The second kappa shape index (κ2) is 4.09. The van der Waals surface area contributed by atoms with Gasteiger partial charge in [-0.05, 0) is 46.3 Å². The number of hydrogen-bond donors (Lipinski definition) is 1. The number of benzene rings is 1. The van der Waals surface area contributed by atoms with Crippen molar-refractivity contribution in [2.24, 2.45) is 0 Å². The molecule has 1 aromatic heterocycles. The number of aromatic nitrogens is 1. The summed E-state index contributed by atoms with van der Waals surface area (Å²) in [5.41, 5.74) is 0.719. The molecule has 82 valence electrons. The average Bonchev–Trinajstić information content (AvgIpc) is 2.66. The van der Waals surface area contributed by atoms with E-state index in [1.54, 1.807) is 12.3 Å². The Bertz CT molecular complexity index is 551.